The van der Waals surface area contributed by atoms with E-state index < -0.39 is 0 Å². The smallest absolute Gasteiger partial charge is 0.00502 e. The van der Waals surface area contributed by atoms with Crippen LogP contribution in [0.5, 0.6) is 0 Å². The van der Waals surface area contributed by atoms with Gasteiger partial charge in [0.05, 0.1) is 0 Å². The van der Waals surface area contributed by atoms with Crippen LogP contribution in [0.25, 0.3) is 17.2 Å². The zero-order chi connectivity index (χ0) is 17.4. The molecule has 0 aromatic heterocycles. The van der Waals surface area contributed by atoms with E-state index in [0.29, 0.717) is 11.8 Å². The van der Waals surface area contributed by atoms with Crippen molar-refractivity contribution in [3.8, 4) is 0 Å². The second-order valence-corrected chi connectivity index (χ2v) is 7.52. The minimum Gasteiger partial charge on any atom is -0.0761 e. The van der Waals surface area contributed by atoms with E-state index in [9.17, 15) is 0 Å². The van der Waals surface area contributed by atoms with E-state index in [1.807, 2.05) is 0 Å². The molecule has 0 saturated heterocycles. The summed E-state index contributed by atoms with van der Waals surface area (Å²) in [7, 11) is 0. The van der Waals surface area contributed by atoms with Gasteiger partial charge in [0.15, 0.2) is 0 Å². The highest BCUT2D eigenvalue weighted by Crippen LogP contribution is 2.39. The van der Waals surface area contributed by atoms with Gasteiger partial charge in [-0.3, -0.25) is 0 Å². The second kappa shape index (κ2) is 6.52. The Labute approximate surface area is 151 Å². The van der Waals surface area contributed by atoms with Gasteiger partial charge in [-0.1, -0.05) is 81.5 Å². The van der Waals surface area contributed by atoms with Crippen molar-refractivity contribution in [2.24, 2.45) is 5.92 Å². The summed E-state index contributed by atoms with van der Waals surface area (Å²) in [5, 5.41) is 0. The Kier molecular flexibility index (Phi) is 4.21. The quantitative estimate of drug-likeness (QED) is 0.574. The van der Waals surface area contributed by atoms with Crippen molar-refractivity contribution in [3.63, 3.8) is 0 Å². The molecule has 0 saturated carbocycles. The molecule has 1 atom stereocenters. The van der Waals surface area contributed by atoms with Gasteiger partial charge in [-0.15, -0.1) is 0 Å². The van der Waals surface area contributed by atoms with Crippen LogP contribution >= 0.6 is 0 Å². The first-order valence-corrected chi connectivity index (χ1v) is 9.49. The largest absolute Gasteiger partial charge is 0.0761 e. The summed E-state index contributed by atoms with van der Waals surface area (Å²) in [4.78, 5) is 0. The average molecular weight is 326 g/mol. The zero-order valence-electron chi connectivity index (χ0n) is 15.4. The molecule has 0 radical (unpaired) electrons. The number of allylic oxidation sites excluding steroid dienone is 5. The Morgan fingerprint density at radius 2 is 1.92 bits per heavy atom. The van der Waals surface area contributed by atoms with E-state index >= 15 is 0 Å². The van der Waals surface area contributed by atoms with Crippen molar-refractivity contribution in [1.82, 2.24) is 0 Å². The van der Waals surface area contributed by atoms with Gasteiger partial charge in [0.2, 0.25) is 0 Å². The van der Waals surface area contributed by atoms with Crippen LogP contribution in [0.3, 0.4) is 0 Å². The summed E-state index contributed by atoms with van der Waals surface area (Å²) in [5.74, 6) is 1.23. The van der Waals surface area contributed by atoms with Gasteiger partial charge < -0.3 is 0 Å². The van der Waals surface area contributed by atoms with E-state index in [1.54, 1.807) is 0 Å². The zero-order valence-corrected chi connectivity index (χ0v) is 15.4. The topological polar surface area (TPSA) is 0 Å². The first-order valence-electron chi connectivity index (χ1n) is 9.49. The predicted octanol–water partition coefficient (Wildman–Crippen LogP) is 6.89. The van der Waals surface area contributed by atoms with Gasteiger partial charge in [0.1, 0.15) is 0 Å². The number of aryl methyl sites for hydroxylation is 1. The average Bonchev–Trinajstić information content (AvgIpc) is 3.28. The van der Waals surface area contributed by atoms with Gasteiger partial charge >= 0.3 is 0 Å². The third-order valence-corrected chi connectivity index (χ3v) is 5.60. The number of hydrogen-bond acceptors (Lipinski definition) is 0. The predicted molar refractivity (Wildman–Crippen MR) is 109 cm³/mol. The van der Waals surface area contributed by atoms with E-state index in [1.165, 1.54) is 39.0 Å². The third-order valence-electron chi connectivity index (χ3n) is 5.60. The highest BCUT2D eigenvalue weighted by atomic mass is 14.3. The highest BCUT2D eigenvalue weighted by molar-refractivity contribution is 5.90. The molecule has 1 unspecified atom stereocenters. The van der Waals surface area contributed by atoms with Crippen LogP contribution in [-0.2, 0) is 6.42 Å². The van der Waals surface area contributed by atoms with Crippen molar-refractivity contribution in [1.29, 1.82) is 0 Å². The Balaban J connectivity index is 1.64. The minimum absolute atomic E-state index is 0.573. The Morgan fingerprint density at radius 3 is 2.72 bits per heavy atom. The molecule has 0 N–H and O–H groups in total. The van der Waals surface area contributed by atoms with Gasteiger partial charge in [0, 0.05) is 5.92 Å². The maximum atomic E-state index is 2.38. The molecule has 25 heavy (non-hydrogen) atoms. The molecule has 0 bridgehead atoms. The summed E-state index contributed by atoms with van der Waals surface area (Å²) in [6, 6.07) is 15.8. The van der Waals surface area contributed by atoms with E-state index in [0.717, 1.165) is 12.8 Å². The maximum absolute atomic E-state index is 2.38. The van der Waals surface area contributed by atoms with Crippen LogP contribution < -0.4 is 0 Å². The van der Waals surface area contributed by atoms with Gasteiger partial charge in [-0.2, -0.15) is 0 Å². The molecular formula is C25H26. The Morgan fingerprint density at radius 1 is 1.08 bits per heavy atom. The fraction of sp³-hybridized carbons (Fsp3) is 0.280. The molecule has 0 fully saturated rings. The first kappa shape index (κ1) is 16.1. The van der Waals surface area contributed by atoms with Crippen molar-refractivity contribution < 1.29 is 0 Å². The summed E-state index contributed by atoms with van der Waals surface area (Å²) < 4.78 is 0. The Hall–Kier alpha value is -2.34. The van der Waals surface area contributed by atoms with Crippen LogP contribution in [0, 0.1) is 5.92 Å². The highest BCUT2D eigenvalue weighted by Gasteiger charge is 2.21. The molecule has 126 valence electrons. The first-order chi connectivity index (χ1) is 12.2. The number of benzene rings is 2. The van der Waals surface area contributed by atoms with Crippen molar-refractivity contribution in [2.75, 3.05) is 0 Å². The van der Waals surface area contributed by atoms with Crippen LogP contribution in [-0.4, -0.2) is 0 Å². The van der Waals surface area contributed by atoms with E-state index in [-0.39, 0.29) is 0 Å². The lowest BCUT2D eigenvalue weighted by Crippen LogP contribution is -2.01. The Bertz CT molecular complexity index is 890. The maximum Gasteiger partial charge on any atom is 0.00502 e. The number of hydrogen-bond donors (Lipinski definition) is 0. The minimum atomic E-state index is 0.573. The molecule has 0 aliphatic heterocycles. The van der Waals surface area contributed by atoms with E-state index in [4.69, 9.17) is 0 Å². The standard InChI is InChI=1S/C25H26/c1-4-18-7-5-6-8-24(18)21-10-9-19(15-21)20-11-14-25-22(16-20)12-13-23(25)17(2)3/h5-9,11-17,23H,4,10H2,1-3H3. The van der Waals surface area contributed by atoms with Gasteiger partial charge in [0.25, 0.3) is 0 Å². The van der Waals surface area contributed by atoms with Crippen LogP contribution in [0.4, 0.5) is 0 Å². The van der Waals surface area contributed by atoms with Crippen LogP contribution in [0.1, 0.15) is 60.9 Å². The monoisotopic (exact) mass is 326 g/mol. The van der Waals surface area contributed by atoms with Crippen molar-refractivity contribution in [3.05, 3.63) is 88.5 Å². The lowest BCUT2D eigenvalue weighted by Gasteiger charge is -2.15. The molecule has 2 aliphatic carbocycles. The van der Waals surface area contributed by atoms with Crippen molar-refractivity contribution in [2.45, 2.75) is 39.5 Å². The summed E-state index contributed by atoms with van der Waals surface area (Å²) >= 11 is 0. The van der Waals surface area contributed by atoms with E-state index in [2.05, 4.69) is 87.5 Å². The molecular weight excluding hydrogens is 300 g/mol. The molecule has 0 amide bonds. The lowest BCUT2D eigenvalue weighted by molar-refractivity contribution is 0.584. The van der Waals surface area contributed by atoms with Gasteiger partial charge in [-0.05, 0) is 63.8 Å². The summed E-state index contributed by atoms with van der Waals surface area (Å²) in [6.45, 7) is 6.84. The fourth-order valence-electron chi connectivity index (χ4n) is 4.15. The van der Waals surface area contributed by atoms with Crippen LogP contribution in [0.15, 0.2) is 60.7 Å². The molecule has 0 heteroatoms. The second-order valence-electron chi connectivity index (χ2n) is 7.52. The van der Waals surface area contributed by atoms with Gasteiger partial charge in [-0.25, -0.2) is 0 Å². The third kappa shape index (κ3) is 2.91. The fourth-order valence-corrected chi connectivity index (χ4v) is 4.15. The summed E-state index contributed by atoms with van der Waals surface area (Å²) in [5.41, 5.74) is 9.90. The SMILES string of the molecule is CCc1ccccc1C1=CC(c2ccc3c(c2)C=CC3C(C)C)=CC1. The molecule has 2 aromatic carbocycles. The molecule has 0 nitrogen and oxygen atoms in total. The molecule has 0 heterocycles. The lowest BCUT2D eigenvalue weighted by atomic mass is 9.89. The molecule has 0 spiro atoms. The molecule has 4 rings (SSSR count). The summed E-state index contributed by atoms with van der Waals surface area (Å²) in [6.07, 6.45) is 11.5. The normalized spacial score (nSPS) is 18.5. The molecule has 2 aliphatic rings. The van der Waals surface area contributed by atoms with Crippen LogP contribution in [0.2, 0.25) is 0 Å². The molecule has 2 aromatic rings. The number of fused-ring (bicyclic) bond motifs is 1. The van der Waals surface area contributed by atoms with Crippen molar-refractivity contribution >= 4 is 17.2 Å². The number of rotatable bonds is 4.